The molecule has 4 heterocycles. The van der Waals surface area contributed by atoms with Gasteiger partial charge >= 0.3 is 0 Å². The van der Waals surface area contributed by atoms with Crippen LogP contribution in [0.2, 0.25) is 0 Å². The highest BCUT2D eigenvalue weighted by Crippen LogP contribution is 2.31. The fourth-order valence-corrected chi connectivity index (χ4v) is 5.51. The Balaban J connectivity index is 1.47. The second-order valence-corrected chi connectivity index (χ2v) is 11.0. The first-order chi connectivity index (χ1) is 16.8. The van der Waals surface area contributed by atoms with Gasteiger partial charge in [0.15, 0.2) is 5.65 Å². The van der Waals surface area contributed by atoms with Crippen molar-refractivity contribution in [2.45, 2.75) is 19.3 Å². The Kier molecular flexibility index (Phi) is 6.43. The fourth-order valence-electron chi connectivity index (χ4n) is 4.64. The maximum absolute atomic E-state index is 13.3. The van der Waals surface area contributed by atoms with Crippen LogP contribution in [-0.2, 0) is 14.8 Å². The largest absolute Gasteiger partial charge is 0.508 e. The van der Waals surface area contributed by atoms with Crippen molar-refractivity contribution in [1.82, 2.24) is 24.1 Å². The Labute approximate surface area is 203 Å². The second-order valence-electron chi connectivity index (χ2n) is 9.02. The number of phenolic OH excluding ortho intramolecular Hbond substituents is 1. The standard InChI is InChI=1S/C23H28N6O5S/c1-35(32,33)28-7-5-16(6-8-28)13-20(31)29-22-19(15-24-29)21(17-3-2-4-18(30)14-17)25-23(26-22)27-9-11-34-12-10-27/h2-4,14-16,30H,5-13H2,1H3. The van der Waals surface area contributed by atoms with Gasteiger partial charge in [0.1, 0.15) is 5.75 Å². The molecule has 0 aliphatic carbocycles. The highest BCUT2D eigenvalue weighted by Gasteiger charge is 2.28. The predicted octanol–water partition coefficient (Wildman–Crippen LogP) is 1.74. The summed E-state index contributed by atoms with van der Waals surface area (Å²) in [5.41, 5.74) is 1.71. The normalized spacial score (nSPS) is 18.3. The van der Waals surface area contributed by atoms with Gasteiger partial charge in [-0.1, -0.05) is 12.1 Å². The molecule has 0 bridgehead atoms. The minimum absolute atomic E-state index is 0.0749. The van der Waals surface area contributed by atoms with Gasteiger partial charge < -0.3 is 14.7 Å². The number of phenols is 1. The van der Waals surface area contributed by atoms with E-state index in [0.717, 1.165) is 0 Å². The lowest BCUT2D eigenvalue weighted by Crippen LogP contribution is -2.38. The maximum Gasteiger partial charge on any atom is 0.249 e. The van der Waals surface area contributed by atoms with Crippen LogP contribution in [0.3, 0.4) is 0 Å². The van der Waals surface area contributed by atoms with Crippen LogP contribution in [0, 0.1) is 5.92 Å². The van der Waals surface area contributed by atoms with Crippen LogP contribution in [0.1, 0.15) is 24.1 Å². The topological polar surface area (TPSA) is 131 Å². The number of anilines is 1. The zero-order chi connectivity index (χ0) is 24.6. The Morgan fingerprint density at radius 2 is 1.89 bits per heavy atom. The highest BCUT2D eigenvalue weighted by atomic mass is 32.2. The molecule has 2 aromatic heterocycles. The number of hydrogen-bond donors (Lipinski definition) is 1. The molecule has 0 unspecified atom stereocenters. The van der Waals surface area contributed by atoms with Crippen LogP contribution >= 0.6 is 0 Å². The molecule has 0 radical (unpaired) electrons. The number of rotatable bonds is 5. The van der Waals surface area contributed by atoms with Gasteiger partial charge in [0.2, 0.25) is 21.9 Å². The molecule has 12 heteroatoms. The molecule has 2 fully saturated rings. The van der Waals surface area contributed by atoms with E-state index >= 15 is 0 Å². The minimum Gasteiger partial charge on any atom is -0.508 e. The van der Waals surface area contributed by atoms with E-state index in [9.17, 15) is 18.3 Å². The smallest absolute Gasteiger partial charge is 0.249 e. The van der Waals surface area contributed by atoms with Gasteiger partial charge in [0, 0.05) is 38.2 Å². The van der Waals surface area contributed by atoms with Gasteiger partial charge in [-0.15, -0.1) is 0 Å². The molecule has 11 nitrogen and oxygen atoms in total. The third-order valence-corrected chi connectivity index (χ3v) is 7.88. The quantitative estimate of drug-likeness (QED) is 0.556. The van der Waals surface area contributed by atoms with Gasteiger partial charge in [-0.3, -0.25) is 4.79 Å². The minimum atomic E-state index is -3.22. The third-order valence-electron chi connectivity index (χ3n) is 6.57. The molecular weight excluding hydrogens is 472 g/mol. The zero-order valence-electron chi connectivity index (χ0n) is 19.5. The van der Waals surface area contributed by atoms with Gasteiger partial charge in [-0.2, -0.15) is 14.8 Å². The first-order valence-electron chi connectivity index (χ1n) is 11.7. The summed E-state index contributed by atoms with van der Waals surface area (Å²) in [6.45, 7) is 3.22. The number of nitrogens with zero attached hydrogens (tertiary/aromatic N) is 6. The molecule has 1 N–H and O–H groups in total. The fraction of sp³-hybridized carbons (Fsp3) is 0.478. The maximum atomic E-state index is 13.3. The third kappa shape index (κ3) is 5.00. The molecule has 0 saturated carbocycles. The van der Waals surface area contributed by atoms with Gasteiger partial charge in [-0.05, 0) is 30.9 Å². The number of piperidine rings is 1. The number of carbonyl (C=O) groups is 1. The Bertz CT molecular complexity index is 1340. The Morgan fingerprint density at radius 3 is 2.57 bits per heavy atom. The van der Waals surface area contributed by atoms with E-state index < -0.39 is 10.0 Å². The van der Waals surface area contributed by atoms with E-state index in [1.807, 2.05) is 11.0 Å². The molecule has 2 aliphatic rings. The van der Waals surface area contributed by atoms with E-state index in [1.165, 1.54) is 15.2 Å². The van der Waals surface area contributed by atoms with Crippen LogP contribution in [-0.4, -0.2) is 89.1 Å². The highest BCUT2D eigenvalue weighted by molar-refractivity contribution is 7.88. The summed E-state index contributed by atoms with van der Waals surface area (Å²) in [5, 5.41) is 15.0. The summed E-state index contributed by atoms with van der Waals surface area (Å²) in [7, 11) is -3.22. The summed E-state index contributed by atoms with van der Waals surface area (Å²) in [4.78, 5) is 24.8. The van der Waals surface area contributed by atoms with Gasteiger partial charge in [-0.25, -0.2) is 17.7 Å². The Morgan fingerprint density at radius 1 is 1.14 bits per heavy atom. The van der Waals surface area contributed by atoms with Crippen LogP contribution < -0.4 is 4.90 Å². The first-order valence-corrected chi connectivity index (χ1v) is 13.5. The Hall–Kier alpha value is -3.09. The van der Waals surface area contributed by atoms with Crippen molar-refractivity contribution >= 4 is 32.9 Å². The van der Waals surface area contributed by atoms with Crippen LogP contribution in [0.25, 0.3) is 22.3 Å². The van der Waals surface area contributed by atoms with E-state index in [2.05, 4.69) is 5.10 Å². The number of morpholine rings is 1. The molecule has 0 spiro atoms. The van der Waals surface area contributed by atoms with Crippen molar-refractivity contribution < 1.29 is 23.1 Å². The lowest BCUT2D eigenvalue weighted by Gasteiger charge is -2.29. The molecule has 2 saturated heterocycles. The SMILES string of the molecule is CS(=O)(=O)N1CCC(CC(=O)n2ncc3c(-c4cccc(O)c4)nc(N4CCOCC4)nc32)CC1. The predicted molar refractivity (Wildman–Crippen MR) is 130 cm³/mol. The van der Waals surface area contributed by atoms with Gasteiger partial charge in [0.25, 0.3) is 0 Å². The monoisotopic (exact) mass is 500 g/mol. The van der Waals surface area contributed by atoms with Crippen molar-refractivity contribution in [2.75, 3.05) is 50.5 Å². The summed E-state index contributed by atoms with van der Waals surface area (Å²) in [6.07, 6.45) is 4.31. The average molecular weight is 501 g/mol. The molecule has 0 atom stereocenters. The number of hydrogen-bond acceptors (Lipinski definition) is 9. The van der Waals surface area contributed by atoms with Gasteiger partial charge in [0.05, 0.1) is 36.7 Å². The van der Waals surface area contributed by atoms with E-state index in [4.69, 9.17) is 14.7 Å². The molecule has 35 heavy (non-hydrogen) atoms. The number of aromatic hydroxyl groups is 1. The summed E-state index contributed by atoms with van der Waals surface area (Å²) >= 11 is 0. The molecule has 3 aromatic rings. The summed E-state index contributed by atoms with van der Waals surface area (Å²) in [6, 6.07) is 6.80. The van der Waals surface area contributed by atoms with Crippen LogP contribution in [0.4, 0.5) is 5.95 Å². The number of sulfonamides is 1. The number of carbonyl (C=O) groups excluding carboxylic acids is 1. The molecule has 186 valence electrons. The number of fused-ring (bicyclic) bond motifs is 1. The zero-order valence-corrected chi connectivity index (χ0v) is 20.3. The number of benzene rings is 1. The van der Waals surface area contributed by atoms with Crippen LogP contribution in [0.15, 0.2) is 30.5 Å². The molecule has 1 aromatic carbocycles. The van der Waals surface area contributed by atoms with Crippen molar-refractivity contribution in [1.29, 1.82) is 0 Å². The molecular formula is C23H28N6O5S. The van der Waals surface area contributed by atoms with Crippen LogP contribution in [0.5, 0.6) is 5.75 Å². The first kappa shape index (κ1) is 23.6. The lowest BCUT2D eigenvalue weighted by atomic mass is 9.94. The van der Waals surface area contributed by atoms with Crippen molar-refractivity contribution in [3.05, 3.63) is 30.5 Å². The summed E-state index contributed by atoms with van der Waals surface area (Å²) < 4.78 is 31.8. The van der Waals surface area contributed by atoms with E-state index in [1.54, 1.807) is 24.4 Å². The van der Waals surface area contributed by atoms with Crippen molar-refractivity contribution in [2.24, 2.45) is 5.92 Å². The van der Waals surface area contributed by atoms with E-state index in [0.29, 0.717) is 80.5 Å². The second kappa shape index (κ2) is 9.51. The number of ether oxygens (including phenoxy) is 1. The van der Waals surface area contributed by atoms with E-state index in [-0.39, 0.29) is 24.0 Å². The molecule has 5 rings (SSSR count). The van der Waals surface area contributed by atoms with Crippen molar-refractivity contribution in [3.8, 4) is 17.0 Å². The summed E-state index contributed by atoms with van der Waals surface area (Å²) in [5.74, 6) is 0.485. The number of aromatic nitrogens is 4. The lowest BCUT2D eigenvalue weighted by molar-refractivity contribution is 0.0852. The van der Waals surface area contributed by atoms with Crippen molar-refractivity contribution in [3.63, 3.8) is 0 Å². The molecule has 2 aliphatic heterocycles. The average Bonchev–Trinajstić information content (AvgIpc) is 3.28. The molecule has 0 amide bonds.